The molecule has 2 fully saturated rings. The maximum atomic E-state index is 4.01. The van der Waals surface area contributed by atoms with Crippen LogP contribution in [0, 0.1) is 23.2 Å². The molecule has 18 heavy (non-hydrogen) atoms. The molecule has 2 saturated carbocycles. The van der Waals surface area contributed by atoms with Crippen LogP contribution in [0.3, 0.4) is 0 Å². The van der Waals surface area contributed by atoms with Crippen molar-refractivity contribution in [3.63, 3.8) is 0 Å². The van der Waals surface area contributed by atoms with Gasteiger partial charge in [0.15, 0.2) is 0 Å². The number of rotatable bonds is 2. The van der Waals surface area contributed by atoms with Gasteiger partial charge in [-0.3, -0.25) is 0 Å². The van der Waals surface area contributed by atoms with E-state index in [1.54, 1.807) is 0 Å². The van der Waals surface area contributed by atoms with Crippen molar-refractivity contribution in [1.29, 1.82) is 0 Å². The van der Waals surface area contributed by atoms with Gasteiger partial charge in [0.05, 0.1) is 0 Å². The van der Waals surface area contributed by atoms with E-state index in [0.717, 1.165) is 29.8 Å². The van der Waals surface area contributed by atoms with Crippen molar-refractivity contribution in [3.8, 4) is 0 Å². The molecule has 5 atom stereocenters. The molecule has 0 radical (unpaired) electrons. The molecule has 0 aromatic heterocycles. The maximum Gasteiger partial charge on any atom is 0.00954 e. The van der Waals surface area contributed by atoms with Crippen LogP contribution in [-0.2, 0) is 0 Å². The lowest BCUT2D eigenvalue weighted by atomic mass is 9.70. The molecule has 0 aromatic carbocycles. The third-order valence-electron chi connectivity index (χ3n) is 5.27. The molecule has 2 aliphatic rings. The highest BCUT2D eigenvalue weighted by Crippen LogP contribution is 2.39. The first-order valence-electron chi connectivity index (χ1n) is 8.12. The Kier molecular flexibility index (Phi) is 4.41. The van der Waals surface area contributed by atoms with Crippen LogP contribution in [0.2, 0.25) is 0 Å². The van der Waals surface area contributed by atoms with E-state index in [1.807, 2.05) is 0 Å². The average molecular weight is 251 g/mol. The van der Waals surface area contributed by atoms with Crippen molar-refractivity contribution in [2.24, 2.45) is 23.2 Å². The summed E-state index contributed by atoms with van der Waals surface area (Å²) in [6, 6.07) is 1.55. The summed E-state index contributed by atoms with van der Waals surface area (Å²) in [5.41, 5.74) is 0.542. The monoisotopic (exact) mass is 251 g/mol. The molecule has 0 bridgehead atoms. The SMILES string of the molecule is CC1CCC(NC2CC(C)CC(C)(C)C2)C(C)C1. The Morgan fingerprint density at radius 2 is 1.61 bits per heavy atom. The molecule has 1 heteroatoms. The highest BCUT2D eigenvalue weighted by molar-refractivity contribution is 4.90. The van der Waals surface area contributed by atoms with Crippen LogP contribution < -0.4 is 5.32 Å². The fourth-order valence-electron chi connectivity index (χ4n) is 4.69. The van der Waals surface area contributed by atoms with E-state index in [1.165, 1.54) is 38.5 Å². The normalized spacial score (nSPS) is 44.8. The van der Waals surface area contributed by atoms with E-state index in [0.29, 0.717) is 5.41 Å². The van der Waals surface area contributed by atoms with Crippen molar-refractivity contribution in [1.82, 2.24) is 5.32 Å². The quantitative estimate of drug-likeness (QED) is 0.755. The van der Waals surface area contributed by atoms with Crippen LogP contribution in [0.25, 0.3) is 0 Å². The summed E-state index contributed by atoms with van der Waals surface area (Å²) in [7, 11) is 0. The fourth-order valence-corrected chi connectivity index (χ4v) is 4.69. The zero-order valence-corrected chi connectivity index (χ0v) is 13.1. The molecular weight excluding hydrogens is 218 g/mol. The summed E-state index contributed by atoms with van der Waals surface area (Å²) in [5.74, 6) is 2.71. The minimum absolute atomic E-state index is 0.542. The van der Waals surface area contributed by atoms with Gasteiger partial charge in [0, 0.05) is 12.1 Å². The first kappa shape index (κ1) is 14.4. The van der Waals surface area contributed by atoms with Gasteiger partial charge in [0.2, 0.25) is 0 Å². The topological polar surface area (TPSA) is 12.0 Å². The van der Waals surface area contributed by atoms with Gasteiger partial charge in [0.1, 0.15) is 0 Å². The zero-order valence-electron chi connectivity index (χ0n) is 13.1. The molecule has 2 aliphatic carbocycles. The number of hydrogen-bond donors (Lipinski definition) is 1. The minimum Gasteiger partial charge on any atom is -0.311 e. The minimum atomic E-state index is 0.542. The van der Waals surface area contributed by atoms with Gasteiger partial charge in [-0.15, -0.1) is 0 Å². The van der Waals surface area contributed by atoms with Gasteiger partial charge in [-0.1, -0.05) is 34.6 Å². The summed E-state index contributed by atoms with van der Waals surface area (Å²) in [4.78, 5) is 0. The Morgan fingerprint density at radius 3 is 2.22 bits per heavy atom. The highest BCUT2D eigenvalue weighted by atomic mass is 15.0. The second-order valence-corrected chi connectivity index (χ2v) is 8.28. The van der Waals surface area contributed by atoms with Crippen molar-refractivity contribution in [3.05, 3.63) is 0 Å². The van der Waals surface area contributed by atoms with Gasteiger partial charge >= 0.3 is 0 Å². The molecule has 106 valence electrons. The molecule has 2 rings (SSSR count). The van der Waals surface area contributed by atoms with Crippen LogP contribution in [0.5, 0.6) is 0 Å². The molecule has 0 heterocycles. The van der Waals surface area contributed by atoms with Gasteiger partial charge in [-0.25, -0.2) is 0 Å². The van der Waals surface area contributed by atoms with Crippen molar-refractivity contribution in [2.75, 3.05) is 0 Å². The molecular formula is C17H33N. The lowest BCUT2D eigenvalue weighted by Gasteiger charge is -2.43. The molecule has 5 unspecified atom stereocenters. The first-order chi connectivity index (χ1) is 8.35. The molecule has 0 saturated heterocycles. The van der Waals surface area contributed by atoms with Gasteiger partial charge in [-0.2, -0.15) is 0 Å². The molecule has 0 aliphatic heterocycles. The third-order valence-corrected chi connectivity index (χ3v) is 5.27. The lowest BCUT2D eigenvalue weighted by molar-refractivity contribution is 0.123. The zero-order chi connectivity index (χ0) is 13.3. The summed E-state index contributed by atoms with van der Waals surface area (Å²) in [5, 5.41) is 4.01. The summed E-state index contributed by atoms with van der Waals surface area (Å²) < 4.78 is 0. The molecule has 0 aromatic rings. The Labute approximate surface area is 114 Å². The van der Waals surface area contributed by atoms with E-state index in [4.69, 9.17) is 0 Å². The predicted molar refractivity (Wildman–Crippen MR) is 79.7 cm³/mol. The van der Waals surface area contributed by atoms with Gasteiger partial charge in [0.25, 0.3) is 0 Å². The summed E-state index contributed by atoms with van der Waals surface area (Å²) >= 11 is 0. The smallest absolute Gasteiger partial charge is 0.00954 e. The first-order valence-corrected chi connectivity index (χ1v) is 8.12. The average Bonchev–Trinajstić information content (AvgIpc) is 2.19. The largest absolute Gasteiger partial charge is 0.311 e. The van der Waals surface area contributed by atoms with Crippen molar-refractivity contribution < 1.29 is 0 Å². The van der Waals surface area contributed by atoms with E-state index in [9.17, 15) is 0 Å². The van der Waals surface area contributed by atoms with E-state index >= 15 is 0 Å². The Hall–Kier alpha value is -0.0400. The maximum absolute atomic E-state index is 4.01. The van der Waals surface area contributed by atoms with Gasteiger partial charge in [-0.05, 0) is 61.7 Å². The van der Waals surface area contributed by atoms with Crippen LogP contribution in [0.1, 0.15) is 73.1 Å². The van der Waals surface area contributed by atoms with Crippen molar-refractivity contribution in [2.45, 2.75) is 85.2 Å². The molecule has 0 amide bonds. The van der Waals surface area contributed by atoms with Crippen LogP contribution in [-0.4, -0.2) is 12.1 Å². The molecule has 1 nitrogen and oxygen atoms in total. The fraction of sp³-hybridized carbons (Fsp3) is 1.00. The van der Waals surface area contributed by atoms with E-state index in [-0.39, 0.29) is 0 Å². The van der Waals surface area contributed by atoms with Crippen LogP contribution >= 0.6 is 0 Å². The Morgan fingerprint density at radius 1 is 0.889 bits per heavy atom. The summed E-state index contributed by atoms with van der Waals surface area (Å²) in [6.07, 6.45) is 8.41. The number of hydrogen-bond acceptors (Lipinski definition) is 1. The van der Waals surface area contributed by atoms with Gasteiger partial charge < -0.3 is 5.32 Å². The highest BCUT2D eigenvalue weighted by Gasteiger charge is 2.34. The lowest BCUT2D eigenvalue weighted by Crippen LogP contribution is -2.48. The second kappa shape index (κ2) is 5.53. The molecule has 1 N–H and O–H groups in total. The standard InChI is InChI=1S/C17H33N/c1-12-6-7-16(14(3)8-12)18-15-9-13(2)10-17(4,5)11-15/h12-16,18H,6-11H2,1-5H3. The number of nitrogens with one attached hydrogen (secondary N) is 1. The predicted octanol–water partition coefficient (Wildman–Crippen LogP) is 4.62. The van der Waals surface area contributed by atoms with E-state index in [2.05, 4.69) is 39.9 Å². The third kappa shape index (κ3) is 3.73. The Balaban J connectivity index is 1.89. The summed E-state index contributed by atoms with van der Waals surface area (Å²) in [6.45, 7) is 12.2. The van der Waals surface area contributed by atoms with E-state index < -0.39 is 0 Å². The van der Waals surface area contributed by atoms with Crippen molar-refractivity contribution >= 4 is 0 Å². The Bertz CT molecular complexity index is 271. The molecule has 0 spiro atoms. The van der Waals surface area contributed by atoms with Crippen LogP contribution in [0.15, 0.2) is 0 Å². The second-order valence-electron chi connectivity index (χ2n) is 8.28. The van der Waals surface area contributed by atoms with Crippen LogP contribution in [0.4, 0.5) is 0 Å².